The van der Waals surface area contributed by atoms with Gasteiger partial charge in [0.05, 0.1) is 22.0 Å². The number of amides is 1. The summed E-state index contributed by atoms with van der Waals surface area (Å²) in [7, 11) is 0. The van der Waals surface area contributed by atoms with Crippen molar-refractivity contribution in [3.05, 3.63) is 64.2 Å². The fraction of sp³-hybridized carbons (Fsp3) is 0.190. The molecule has 0 atom stereocenters. The first-order chi connectivity index (χ1) is 13.4. The van der Waals surface area contributed by atoms with Gasteiger partial charge in [-0.25, -0.2) is 0 Å². The third kappa shape index (κ3) is 3.45. The SMILES string of the molecule is Cc1cc(C)c2cc(C)c3nnc(SCC(=O)Nc4ccccc4Cl)n3c2c1. The second kappa shape index (κ2) is 7.45. The fourth-order valence-electron chi connectivity index (χ4n) is 3.33. The van der Waals surface area contributed by atoms with Crippen molar-refractivity contribution in [3.8, 4) is 0 Å². The van der Waals surface area contributed by atoms with E-state index in [0.29, 0.717) is 15.9 Å². The zero-order valence-corrected chi connectivity index (χ0v) is 17.4. The highest BCUT2D eigenvalue weighted by molar-refractivity contribution is 7.99. The molecule has 4 aromatic rings. The van der Waals surface area contributed by atoms with E-state index in [1.807, 2.05) is 23.5 Å². The van der Waals surface area contributed by atoms with Crippen molar-refractivity contribution < 1.29 is 4.79 Å². The topological polar surface area (TPSA) is 59.3 Å². The zero-order valence-electron chi connectivity index (χ0n) is 15.8. The minimum atomic E-state index is -0.140. The van der Waals surface area contributed by atoms with Gasteiger partial charge in [-0.15, -0.1) is 10.2 Å². The summed E-state index contributed by atoms with van der Waals surface area (Å²) in [5.41, 5.74) is 5.91. The van der Waals surface area contributed by atoms with E-state index < -0.39 is 0 Å². The van der Waals surface area contributed by atoms with Crippen LogP contribution in [0.25, 0.3) is 16.6 Å². The number of nitrogens with one attached hydrogen (secondary N) is 1. The molecule has 2 aromatic carbocycles. The van der Waals surface area contributed by atoms with Crippen molar-refractivity contribution in [1.29, 1.82) is 0 Å². The highest BCUT2D eigenvalue weighted by Crippen LogP contribution is 2.28. The largest absolute Gasteiger partial charge is 0.324 e. The van der Waals surface area contributed by atoms with Gasteiger partial charge in [0.15, 0.2) is 10.8 Å². The lowest BCUT2D eigenvalue weighted by atomic mass is 10.0. The number of nitrogens with zero attached hydrogens (tertiary/aromatic N) is 3. The molecular weight excluding hydrogens is 392 g/mol. The molecular formula is C21H19ClN4OS. The fourth-order valence-corrected chi connectivity index (χ4v) is 4.25. The van der Waals surface area contributed by atoms with E-state index in [0.717, 1.165) is 22.1 Å². The Balaban J connectivity index is 1.66. The second-order valence-electron chi connectivity index (χ2n) is 6.80. The molecule has 2 aromatic heterocycles. The first-order valence-corrected chi connectivity index (χ1v) is 10.2. The Morgan fingerprint density at radius 3 is 2.68 bits per heavy atom. The van der Waals surface area contributed by atoms with Crippen LogP contribution >= 0.6 is 23.4 Å². The van der Waals surface area contributed by atoms with Crippen LogP contribution in [0.1, 0.15) is 16.7 Å². The van der Waals surface area contributed by atoms with Gasteiger partial charge in [0.25, 0.3) is 0 Å². The molecule has 0 fully saturated rings. The standard InChI is InChI=1S/C21H19ClN4OS/c1-12-8-13(2)15-10-14(3)20-24-25-21(26(20)18(15)9-12)28-11-19(27)23-17-7-5-4-6-16(17)22/h4-10H,11H2,1-3H3,(H,23,27). The summed E-state index contributed by atoms with van der Waals surface area (Å²) in [5, 5.41) is 13.9. The van der Waals surface area contributed by atoms with Crippen molar-refractivity contribution in [1.82, 2.24) is 14.6 Å². The van der Waals surface area contributed by atoms with Crippen molar-refractivity contribution in [2.24, 2.45) is 0 Å². The second-order valence-corrected chi connectivity index (χ2v) is 8.15. The number of carbonyl (C=O) groups excluding carboxylic acids is 1. The molecule has 0 aliphatic rings. The van der Waals surface area contributed by atoms with Crippen molar-refractivity contribution >= 4 is 51.5 Å². The third-order valence-electron chi connectivity index (χ3n) is 4.58. The number of aromatic nitrogens is 3. The summed E-state index contributed by atoms with van der Waals surface area (Å²) in [5.74, 6) is 0.0749. The summed E-state index contributed by atoms with van der Waals surface area (Å²) in [6.45, 7) is 6.21. The number of carbonyl (C=O) groups is 1. The zero-order chi connectivity index (χ0) is 19.8. The van der Waals surface area contributed by atoms with Crippen molar-refractivity contribution in [3.63, 3.8) is 0 Å². The highest BCUT2D eigenvalue weighted by Gasteiger charge is 2.15. The number of benzene rings is 2. The van der Waals surface area contributed by atoms with Crippen LogP contribution in [-0.4, -0.2) is 26.3 Å². The molecule has 0 aliphatic heterocycles. The maximum atomic E-state index is 12.4. The summed E-state index contributed by atoms with van der Waals surface area (Å²) in [6.07, 6.45) is 0. The molecule has 0 spiro atoms. The quantitative estimate of drug-likeness (QED) is 0.470. The van der Waals surface area contributed by atoms with Crippen LogP contribution in [0.15, 0.2) is 47.6 Å². The average molecular weight is 411 g/mol. The molecule has 7 heteroatoms. The van der Waals surface area contributed by atoms with E-state index in [-0.39, 0.29) is 11.7 Å². The van der Waals surface area contributed by atoms with Crippen molar-refractivity contribution in [2.45, 2.75) is 25.9 Å². The summed E-state index contributed by atoms with van der Waals surface area (Å²) in [4.78, 5) is 12.4. The molecule has 1 N–H and O–H groups in total. The molecule has 0 aliphatic carbocycles. The molecule has 0 radical (unpaired) electrons. The Morgan fingerprint density at radius 2 is 1.89 bits per heavy atom. The molecule has 1 amide bonds. The van der Waals surface area contributed by atoms with E-state index in [2.05, 4.69) is 47.6 Å². The van der Waals surface area contributed by atoms with Gasteiger partial charge in [0, 0.05) is 5.39 Å². The van der Waals surface area contributed by atoms with Gasteiger partial charge in [0.2, 0.25) is 5.91 Å². The number of fused-ring (bicyclic) bond motifs is 3. The van der Waals surface area contributed by atoms with E-state index in [1.165, 1.54) is 22.9 Å². The molecule has 4 rings (SSSR count). The van der Waals surface area contributed by atoms with Crippen molar-refractivity contribution in [2.75, 3.05) is 11.1 Å². The van der Waals surface area contributed by atoms with E-state index in [1.54, 1.807) is 12.1 Å². The average Bonchev–Trinajstić information content (AvgIpc) is 3.08. The van der Waals surface area contributed by atoms with Gasteiger partial charge in [0.1, 0.15) is 0 Å². The Kier molecular flexibility index (Phi) is 5.00. The van der Waals surface area contributed by atoms with Crippen LogP contribution in [0.4, 0.5) is 5.69 Å². The lowest BCUT2D eigenvalue weighted by Crippen LogP contribution is -2.14. The van der Waals surface area contributed by atoms with Gasteiger partial charge >= 0.3 is 0 Å². The minimum Gasteiger partial charge on any atom is -0.324 e. The molecule has 28 heavy (non-hydrogen) atoms. The molecule has 2 heterocycles. The van der Waals surface area contributed by atoms with Gasteiger partial charge in [-0.3, -0.25) is 9.20 Å². The van der Waals surface area contributed by atoms with Crippen LogP contribution in [-0.2, 0) is 4.79 Å². The monoisotopic (exact) mass is 410 g/mol. The molecule has 0 saturated heterocycles. The number of thioether (sulfide) groups is 1. The van der Waals surface area contributed by atoms with Crippen LogP contribution in [0.5, 0.6) is 0 Å². The molecule has 5 nitrogen and oxygen atoms in total. The normalized spacial score (nSPS) is 11.3. The number of hydrogen-bond donors (Lipinski definition) is 1. The highest BCUT2D eigenvalue weighted by atomic mass is 35.5. The molecule has 0 bridgehead atoms. The number of pyridine rings is 1. The van der Waals surface area contributed by atoms with Gasteiger partial charge < -0.3 is 5.32 Å². The number of hydrogen-bond acceptors (Lipinski definition) is 4. The Labute approximate surface area is 172 Å². The first-order valence-electron chi connectivity index (χ1n) is 8.87. The number of aryl methyl sites for hydroxylation is 3. The van der Waals surface area contributed by atoms with Gasteiger partial charge in [-0.1, -0.05) is 41.6 Å². The summed E-state index contributed by atoms with van der Waals surface area (Å²) < 4.78 is 2.04. The Bertz CT molecular complexity index is 1220. The lowest BCUT2D eigenvalue weighted by Gasteiger charge is -2.10. The Morgan fingerprint density at radius 1 is 1.11 bits per heavy atom. The van der Waals surface area contributed by atoms with E-state index >= 15 is 0 Å². The van der Waals surface area contributed by atoms with Gasteiger partial charge in [-0.05, 0) is 61.7 Å². The van der Waals surface area contributed by atoms with E-state index in [9.17, 15) is 4.79 Å². The van der Waals surface area contributed by atoms with Crippen LogP contribution in [0.3, 0.4) is 0 Å². The third-order valence-corrected chi connectivity index (χ3v) is 5.84. The predicted octanol–water partition coefficient (Wildman–Crippen LogP) is 5.19. The molecule has 0 saturated carbocycles. The minimum absolute atomic E-state index is 0.140. The maximum absolute atomic E-state index is 12.4. The summed E-state index contributed by atoms with van der Waals surface area (Å²) >= 11 is 7.47. The number of halogens is 1. The number of rotatable bonds is 4. The smallest absolute Gasteiger partial charge is 0.234 e. The number of para-hydroxylation sites is 1. The predicted molar refractivity (Wildman–Crippen MR) is 116 cm³/mol. The van der Waals surface area contributed by atoms with Crippen LogP contribution in [0, 0.1) is 20.8 Å². The Hall–Kier alpha value is -2.57. The maximum Gasteiger partial charge on any atom is 0.234 e. The number of anilines is 1. The summed E-state index contributed by atoms with van der Waals surface area (Å²) in [6, 6.07) is 13.6. The lowest BCUT2D eigenvalue weighted by molar-refractivity contribution is -0.113. The van der Waals surface area contributed by atoms with Gasteiger partial charge in [-0.2, -0.15) is 0 Å². The van der Waals surface area contributed by atoms with Crippen LogP contribution in [0.2, 0.25) is 5.02 Å². The van der Waals surface area contributed by atoms with E-state index in [4.69, 9.17) is 11.6 Å². The first kappa shape index (κ1) is 18.8. The van der Waals surface area contributed by atoms with Crippen LogP contribution < -0.4 is 5.32 Å². The molecule has 142 valence electrons. The molecule has 0 unspecified atom stereocenters.